The monoisotopic (exact) mass is 512 g/mol. The number of nitrogens with one attached hydrogen (secondary N) is 1. The molecule has 7 atom stereocenters. The molecule has 1 saturated heterocycles. The number of nitrogens with two attached hydrogens (primary N) is 1. The van der Waals surface area contributed by atoms with Crippen molar-refractivity contribution >= 4 is 17.5 Å². The van der Waals surface area contributed by atoms with E-state index in [2.05, 4.69) is 10.1 Å². The van der Waals surface area contributed by atoms with Crippen LogP contribution in [0.3, 0.4) is 0 Å². The van der Waals surface area contributed by atoms with Gasteiger partial charge in [0.1, 0.15) is 30.2 Å². The Labute approximate surface area is 202 Å². The van der Waals surface area contributed by atoms with Crippen molar-refractivity contribution in [2.24, 2.45) is 11.7 Å². The number of hydrogen-bond donors (Lipinski definition) is 7. The zero-order valence-electron chi connectivity index (χ0n) is 20.0. The Kier molecular flexibility index (Phi) is 12.2. The number of alkyl halides is 2. The average Bonchev–Trinajstić information content (AvgIpc) is 2.80. The van der Waals surface area contributed by atoms with Gasteiger partial charge in [-0.25, -0.2) is 8.78 Å². The Balaban J connectivity index is 2.38. The van der Waals surface area contributed by atoms with Crippen LogP contribution in [0.25, 0.3) is 0 Å². The van der Waals surface area contributed by atoms with Gasteiger partial charge in [0.15, 0.2) is 5.78 Å². The summed E-state index contributed by atoms with van der Waals surface area (Å²) >= 11 is 0. The molecule has 1 heterocycles. The van der Waals surface area contributed by atoms with Gasteiger partial charge in [-0.05, 0) is 19.8 Å². The summed E-state index contributed by atoms with van der Waals surface area (Å²) in [6.07, 6.45) is -7.81. The van der Waals surface area contributed by atoms with E-state index in [-0.39, 0.29) is 43.8 Å². The van der Waals surface area contributed by atoms with Crippen LogP contribution < -0.4 is 11.1 Å². The molecule has 8 N–H and O–H groups in total. The van der Waals surface area contributed by atoms with Crippen LogP contribution in [-0.2, 0) is 19.1 Å². The van der Waals surface area contributed by atoms with Gasteiger partial charge in [-0.15, -0.1) is 0 Å². The van der Waals surface area contributed by atoms with E-state index < -0.39 is 67.0 Å². The number of hydrogen-bond acceptors (Lipinski definition) is 10. The third-order valence-corrected chi connectivity index (χ3v) is 6.27. The molecule has 0 aromatic rings. The summed E-state index contributed by atoms with van der Waals surface area (Å²) in [7, 11) is 0. The highest BCUT2D eigenvalue weighted by molar-refractivity contribution is 5.90. The molecule has 11 nitrogen and oxygen atoms in total. The first-order chi connectivity index (χ1) is 16.2. The van der Waals surface area contributed by atoms with Crippen LogP contribution in [0.1, 0.15) is 58.8 Å². The van der Waals surface area contributed by atoms with Gasteiger partial charge in [0.25, 0.3) is 5.79 Å². The van der Waals surface area contributed by atoms with Crippen LogP contribution in [0.15, 0.2) is 0 Å². The first kappa shape index (κ1) is 31.4. The number of carbonyl (C=O) groups excluding carboxylic acids is 3. The number of aliphatic hydroxyl groups excluding tert-OH is 4. The molecule has 13 heteroatoms. The lowest BCUT2D eigenvalue weighted by Gasteiger charge is -2.48. The third-order valence-electron chi connectivity index (χ3n) is 6.27. The lowest BCUT2D eigenvalue weighted by molar-refractivity contribution is -0.412. The van der Waals surface area contributed by atoms with Gasteiger partial charge in [0.05, 0.1) is 19.2 Å². The molecule has 0 saturated carbocycles. The van der Waals surface area contributed by atoms with Crippen molar-refractivity contribution in [1.29, 1.82) is 0 Å². The molecule has 1 aliphatic rings. The smallest absolute Gasteiger partial charge is 0.303 e. The Morgan fingerprint density at radius 1 is 1.11 bits per heavy atom. The molecule has 1 rings (SSSR count). The summed E-state index contributed by atoms with van der Waals surface area (Å²) in [5.74, 6) is -8.87. The number of ether oxygens (including phenoxy) is 1. The van der Waals surface area contributed by atoms with E-state index in [0.717, 1.165) is 0 Å². The van der Waals surface area contributed by atoms with Crippen molar-refractivity contribution in [3.63, 3.8) is 0 Å². The molecule has 0 radical (unpaired) electrons. The zero-order valence-corrected chi connectivity index (χ0v) is 20.0. The van der Waals surface area contributed by atoms with E-state index >= 15 is 0 Å². The average molecular weight is 513 g/mol. The maximum absolute atomic E-state index is 14.6. The first-order valence-electron chi connectivity index (χ1n) is 11.7. The Morgan fingerprint density at radius 3 is 2.29 bits per heavy atom. The maximum atomic E-state index is 14.6. The van der Waals surface area contributed by atoms with Crippen LogP contribution in [0.5, 0.6) is 0 Å². The third kappa shape index (κ3) is 8.48. The Bertz CT molecular complexity index is 725. The molecule has 1 aliphatic heterocycles. The summed E-state index contributed by atoms with van der Waals surface area (Å²) in [4.78, 5) is 34.9. The van der Waals surface area contributed by atoms with Gasteiger partial charge in [-0.2, -0.15) is 0 Å². The number of halogens is 2. The second kappa shape index (κ2) is 13.6. The summed E-state index contributed by atoms with van der Waals surface area (Å²) < 4.78 is 34.0. The Hall–Kier alpha value is -1.61. The van der Waals surface area contributed by atoms with Crippen molar-refractivity contribution in [1.82, 2.24) is 5.32 Å². The topological polar surface area (TPSA) is 200 Å². The van der Waals surface area contributed by atoms with Gasteiger partial charge in [0.2, 0.25) is 5.91 Å². The molecule has 1 fully saturated rings. The molecule has 1 amide bonds. The lowest BCUT2D eigenvalue weighted by Crippen LogP contribution is -2.71. The second-order valence-corrected chi connectivity index (χ2v) is 9.20. The number of Topliss-reactive ketones (excluding diaryl/α,β-unsaturated/α-hetero) is 2. The van der Waals surface area contributed by atoms with Crippen LogP contribution >= 0.6 is 0 Å². The minimum absolute atomic E-state index is 0.0207. The van der Waals surface area contributed by atoms with Crippen molar-refractivity contribution < 1.29 is 53.4 Å². The van der Waals surface area contributed by atoms with Crippen LogP contribution in [0.2, 0.25) is 0 Å². The maximum Gasteiger partial charge on any atom is 0.303 e. The van der Waals surface area contributed by atoms with E-state index in [0.29, 0.717) is 12.8 Å². The molecule has 1 unspecified atom stereocenters. The molecular formula is C22H38F2N2O9. The fourth-order valence-electron chi connectivity index (χ4n) is 3.71. The van der Waals surface area contributed by atoms with E-state index in [1.54, 1.807) is 6.92 Å². The molecule has 35 heavy (non-hydrogen) atoms. The van der Waals surface area contributed by atoms with E-state index in [4.69, 9.17) is 10.8 Å². The van der Waals surface area contributed by atoms with Crippen molar-refractivity contribution in [2.45, 2.75) is 101 Å². The SMILES string of the molecule is CC(=O)[C@H](C)CC(=O)CNC(=O)[C@@H](N)CCCCCCC(F)(F)C1(O)O[C@H](CO)[C@H](O)[C@H](O)[C@H]1O. The predicted octanol–water partition coefficient (Wildman–Crippen LogP) is -1.25. The van der Waals surface area contributed by atoms with Crippen LogP contribution in [0.4, 0.5) is 8.78 Å². The van der Waals surface area contributed by atoms with Gasteiger partial charge in [0, 0.05) is 18.8 Å². The highest BCUT2D eigenvalue weighted by atomic mass is 19.3. The fraction of sp³-hybridized carbons (Fsp3) is 0.864. The quantitative estimate of drug-likeness (QED) is 0.130. The number of aliphatic hydroxyl groups is 5. The van der Waals surface area contributed by atoms with Crippen molar-refractivity contribution in [3.05, 3.63) is 0 Å². The number of amides is 1. The lowest BCUT2D eigenvalue weighted by atomic mass is 9.87. The predicted molar refractivity (Wildman–Crippen MR) is 118 cm³/mol. The summed E-state index contributed by atoms with van der Waals surface area (Å²) in [6, 6.07) is -0.899. The second-order valence-electron chi connectivity index (χ2n) is 9.20. The van der Waals surface area contributed by atoms with Crippen LogP contribution in [-0.4, -0.2) is 98.3 Å². The largest absolute Gasteiger partial charge is 0.394 e. The van der Waals surface area contributed by atoms with E-state index in [1.807, 2.05) is 0 Å². The van der Waals surface area contributed by atoms with Crippen molar-refractivity contribution in [2.75, 3.05) is 13.2 Å². The molecular weight excluding hydrogens is 474 g/mol. The number of carbonyl (C=O) groups is 3. The van der Waals surface area contributed by atoms with Crippen molar-refractivity contribution in [3.8, 4) is 0 Å². The molecule has 0 aromatic carbocycles. The summed E-state index contributed by atoms with van der Waals surface area (Å²) in [6.45, 7) is 1.81. The minimum atomic E-state index is -4.00. The summed E-state index contributed by atoms with van der Waals surface area (Å²) in [5, 5.41) is 51.1. The van der Waals surface area contributed by atoms with Gasteiger partial charge >= 0.3 is 5.92 Å². The first-order valence-corrected chi connectivity index (χ1v) is 11.7. The van der Waals surface area contributed by atoms with Gasteiger partial charge < -0.3 is 41.3 Å². The zero-order chi connectivity index (χ0) is 27.0. The minimum Gasteiger partial charge on any atom is -0.394 e. The molecule has 0 aromatic heterocycles. The standard InChI is InChI=1S/C22H38F2N2O9/c1-12(13(2)28)9-14(29)10-26-20(33)15(25)7-5-3-4-6-8-21(23,24)22(34)19(32)18(31)17(30)16(11-27)35-22/h12,15-19,27,30-32,34H,3-11,25H2,1-2H3,(H,26,33)/t12-,15+,16-,17+,18+,19-,22?/m1/s1. The highest BCUT2D eigenvalue weighted by Crippen LogP contribution is 2.42. The van der Waals surface area contributed by atoms with Gasteiger partial charge in [-0.1, -0.05) is 26.2 Å². The normalized spacial score (nSPS) is 28.9. The number of unbranched alkanes of at least 4 members (excludes halogenated alkanes) is 3. The summed E-state index contributed by atoms with van der Waals surface area (Å²) in [5.41, 5.74) is 5.78. The Morgan fingerprint density at radius 2 is 1.71 bits per heavy atom. The number of rotatable bonds is 15. The fourth-order valence-corrected chi connectivity index (χ4v) is 3.71. The molecule has 0 spiro atoms. The molecule has 204 valence electrons. The number of ketones is 2. The van der Waals surface area contributed by atoms with E-state index in [1.165, 1.54) is 6.92 Å². The van der Waals surface area contributed by atoms with E-state index in [9.17, 15) is 43.6 Å². The molecule has 0 aliphatic carbocycles. The van der Waals surface area contributed by atoms with Gasteiger partial charge in [-0.3, -0.25) is 14.4 Å². The highest BCUT2D eigenvalue weighted by Gasteiger charge is 2.65. The van der Waals surface area contributed by atoms with Crippen LogP contribution in [0, 0.1) is 5.92 Å². The molecule has 0 bridgehead atoms.